The van der Waals surface area contributed by atoms with Gasteiger partial charge in [-0.3, -0.25) is 0 Å². The summed E-state index contributed by atoms with van der Waals surface area (Å²) in [4.78, 5) is 10.4. The third-order valence-corrected chi connectivity index (χ3v) is 3.77. The smallest absolute Gasteiger partial charge is 0.404 e. The molecule has 0 bridgehead atoms. The molecule has 0 saturated carbocycles. The van der Waals surface area contributed by atoms with Gasteiger partial charge in [0.05, 0.1) is 4.90 Å². The van der Waals surface area contributed by atoms with Crippen molar-refractivity contribution >= 4 is 27.7 Å². The molecule has 0 aromatic heterocycles. The molecule has 0 spiro atoms. The molecule has 0 atom stereocenters. The van der Waals surface area contributed by atoms with Gasteiger partial charge in [0.25, 0.3) is 0 Å². The van der Waals surface area contributed by atoms with Gasteiger partial charge in [-0.2, -0.15) is 0 Å². The van der Waals surface area contributed by atoms with Crippen LogP contribution in [0.2, 0.25) is 0 Å². The number of carbonyl (C=O) groups is 1. The maximum Gasteiger partial charge on any atom is 0.404 e. The van der Waals surface area contributed by atoms with Crippen molar-refractivity contribution < 1.29 is 17.9 Å². The highest BCUT2D eigenvalue weighted by molar-refractivity contribution is 7.89. The summed E-state index contributed by atoms with van der Waals surface area (Å²) in [5.41, 5.74) is 5.44. The Morgan fingerprint density at radius 2 is 2.17 bits per heavy atom. The molecule has 0 radical (unpaired) electrons. The molecule has 0 fully saturated rings. The summed E-state index contributed by atoms with van der Waals surface area (Å²) in [5.74, 6) is 0.230. The average Bonchev–Trinajstić information content (AvgIpc) is 2.34. The van der Waals surface area contributed by atoms with Crippen LogP contribution in [0.3, 0.4) is 0 Å². The fraction of sp³-hybridized carbons (Fsp3) is 0.300. The van der Waals surface area contributed by atoms with E-state index in [9.17, 15) is 13.2 Å². The van der Waals surface area contributed by atoms with Crippen LogP contribution in [0.25, 0.3) is 0 Å². The third kappa shape index (κ3) is 4.52. The van der Waals surface area contributed by atoms with Crippen LogP contribution in [-0.4, -0.2) is 27.7 Å². The molecule has 18 heavy (non-hydrogen) atoms. The van der Waals surface area contributed by atoms with Gasteiger partial charge in [0.2, 0.25) is 10.0 Å². The molecule has 0 aliphatic heterocycles. The standard InChI is InChI=1S/C10H13ClN2O4S/c11-7-8-2-1-3-9(6-8)18(15,16)13-4-5-17-10(12)14/h1-3,6,13H,4-5,7H2,(H2,12,14). The summed E-state index contributed by atoms with van der Waals surface area (Å²) in [7, 11) is -3.63. The highest BCUT2D eigenvalue weighted by Gasteiger charge is 2.13. The zero-order valence-electron chi connectivity index (χ0n) is 9.43. The van der Waals surface area contributed by atoms with E-state index in [0.29, 0.717) is 5.56 Å². The number of nitrogens with two attached hydrogens (primary N) is 1. The summed E-state index contributed by atoms with van der Waals surface area (Å²) in [6.45, 7) is -0.167. The summed E-state index contributed by atoms with van der Waals surface area (Å²) < 4.78 is 30.3. The number of halogens is 1. The lowest BCUT2D eigenvalue weighted by Crippen LogP contribution is -2.29. The van der Waals surface area contributed by atoms with Gasteiger partial charge < -0.3 is 10.5 Å². The number of sulfonamides is 1. The first-order chi connectivity index (χ1) is 8.45. The number of nitrogens with one attached hydrogen (secondary N) is 1. The van der Waals surface area contributed by atoms with Crippen molar-refractivity contribution in [2.75, 3.05) is 13.2 Å². The molecule has 0 unspecified atom stereocenters. The van der Waals surface area contributed by atoms with E-state index in [0.717, 1.165) is 0 Å². The average molecular weight is 293 g/mol. The fourth-order valence-electron chi connectivity index (χ4n) is 1.21. The minimum Gasteiger partial charge on any atom is -0.448 e. The lowest BCUT2D eigenvalue weighted by molar-refractivity contribution is 0.159. The van der Waals surface area contributed by atoms with E-state index in [1.807, 2.05) is 0 Å². The molecule has 0 heterocycles. The van der Waals surface area contributed by atoms with Crippen LogP contribution in [0.15, 0.2) is 29.2 Å². The van der Waals surface area contributed by atoms with Crippen LogP contribution in [0.4, 0.5) is 4.79 Å². The molecular formula is C10H13ClN2O4S. The van der Waals surface area contributed by atoms with Crippen molar-refractivity contribution in [3.05, 3.63) is 29.8 Å². The van der Waals surface area contributed by atoms with Gasteiger partial charge in [-0.25, -0.2) is 17.9 Å². The Morgan fingerprint density at radius 3 is 2.78 bits per heavy atom. The number of primary amides is 1. The van der Waals surface area contributed by atoms with Crippen molar-refractivity contribution in [1.82, 2.24) is 4.72 Å². The van der Waals surface area contributed by atoms with Gasteiger partial charge in [-0.15, -0.1) is 11.6 Å². The second kappa shape index (κ2) is 6.58. The van der Waals surface area contributed by atoms with Crippen LogP contribution < -0.4 is 10.5 Å². The Hall–Kier alpha value is -1.31. The largest absolute Gasteiger partial charge is 0.448 e. The van der Waals surface area contributed by atoms with Gasteiger partial charge in [0.15, 0.2) is 0 Å². The lowest BCUT2D eigenvalue weighted by Gasteiger charge is -2.07. The number of benzene rings is 1. The lowest BCUT2D eigenvalue weighted by atomic mass is 10.2. The minimum atomic E-state index is -3.63. The van der Waals surface area contributed by atoms with Crippen molar-refractivity contribution in [2.45, 2.75) is 10.8 Å². The zero-order valence-corrected chi connectivity index (χ0v) is 11.0. The molecule has 0 aliphatic carbocycles. The number of alkyl halides is 1. The molecule has 100 valence electrons. The molecule has 0 aliphatic rings. The first-order valence-corrected chi connectivity index (χ1v) is 7.04. The van der Waals surface area contributed by atoms with Gasteiger partial charge in [0.1, 0.15) is 6.61 Å². The van der Waals surface area contributed by atoms with E-state index in [1.54, 1.807) is 12.1 Å². The number of rotatable bonds is 6. The molecular weight excluding hydrogens is 280 g/mol. The molecule has 1 aromatic rings. The second-order valence-electron chi connectivity index (χ2n) is 3.35. The van der Waals surface area contributed by atoms with Crippen LogP contribution in [0, 0.1) is 0 Å². The van der Waals surface area contributed by atoms with E-state index in [-0.39, 0.29) is 23.9 Å². The quantitative estimate of drug-likeness (QED) is 0.598. The van der Waals surface area contributed by atoms with Crippen LogP contribution in [0.5, 0.6) is 0 Å². The Bertz CT molecular complexity index is 518. The summed E-state index contributed by atoms with van der Waals surface area (Å²) >= 11 is 5.62. The predicted molar refractivity (Wildman–Crippen MR) is 66.7 cm³/mol. The number of hydrogen-bond acceptors (Lipinski definition) is 4. The van der Waals surface area contributed by atoms with Crippen LogP contribution in [-0.2, 0) is 20.6 Å². The van der Waals surface area contributed by atoms with Crippen molar-refractivity contribution in [3.8, 4) is 0 Å². The first kappa shape index (κ1) is 14.7. The predicted octanol–water partition coefficient (Wildman–Crippen LogP) is 0.799. The first-order valence-electron chi connectivity index (χ1n) is 5.02. The van der Waals surface area contributed by atoms with Crippen LogP contribution >= 0.6 is 11.6 Å². The maximum atomic E-state index is 11.8. The van der Waals surface area contributed by atoms with E-state index in [4.69, 9.17) is 17.3 Å². The fourth-order valence-corrected chi connectivity index (χ4v) is 2.46. The highest BCUT2D eigenvalue weighted by atomic mass is 35.5. The molecule has 0 saturated heterocycles. The van der Waals surface area contributed by atoms with E-state index in [1.165, 1.54) is 12.1 Å². The van der Waals surface area contributed by atoms with E-state index < -0.39 is 16.1 Å². The van der Waals surface area contributed by atoms with Crippen molar-refractivity contribution in [3.63, 3.8) is 0 Å². The Labute approximate surface area is 110 Å². The highest BCUT2D eigenvalue weighted by Crippen LogP contribution is 2.12. The molecule has 1 amide bonds. The normalized spacial score (nSPS) is 11.2. The Kier molecular flexibility index (Phi) is 5.39. The van der Waals surface area contributed by atoms with E-state index >= 15 is 0 Å². The Morgan fingerprint density at radius 1 is 1.44 bits per heavy atom. The van der Waals surface area contributed by atoms with Crippen molar-refractivity contribution in [1.29, 1.82) is 0 Å². The minimum absolute atomic E-state index is 0.0453. The van der Waals surface area contributed by atoms with Gasteiger partial charge in [-0.05, 0) is 17.7 Å². The number of hydrogen-bond donors (Lipinski definition) is 2. The summed E-state index contributed by atoms with van der Waals surface area (Å²) in [5, 5.41) is 0. The van der Waals surface area contributed by atoms with E-state index in [2.05, 4.69) is 9.46 Å². The topological polar surface area (TPSA) is 98.5 Å². The monoisotopic (exact) mass is 292 g/mol. The van der Waals surface area contributed by atoms with Gasteiger partial charge in [0, 0.05) is 12.4 Å². The number of ether oxygens (including phenoxy) is 1. The molecule has 1 rings (SSSR count). The second-order valence-corrected chi connectivity index (χ2v) is 5.38. The molecule has 3 N–H and O–H groups in total. The van der Waals surface area contributed by atoms with Crippen LogP contribution in [0.1, 0.15) is 5.56 Å². The molecule has 8 heteroatoms. The Balaban J connectivity index is 2.65. The zero-order chi connectivity index (χ0) is 13.6. The summed E-state index contributed by atoms with van der Waals surface area (Å²) in [6.07, 6.45) is -0.946. The SMILES string of the molecule is NC(=O)OCCNS(=O)(=O)c1cccc(CCl)c1. The summed E-state index contributed by atoms with van der Waals surface area (Å²) in [6, 6.07) is 6.26. The molecule has 6 nitrogen and oxygen atoms in total. The number of amides is 1. The third-order valence-electron chi connectivity index (χ3n) is 2.00. The van der Waals surface area contributed by atoms with Crippen molar-refractivity contribution in [2.24, 2.45) is 5.73 Å². The van der Waals surface area contributed by atoms with Gasteiger partial charge >= 0.3 is 6.09 Å². The molecule has 1 aromatic carbocycles. The maximum absolute atomic E-state index is 11.8. The van der Waals surface area contributed by atoms with Gasteiger partial charge in [-0.1, -0.05) is 12.1 Å². The number of carbonyl (C=O) groups excluding carboxylic acids is 1.